The lowest BCUT2D eigenvalue weighted by molar-refractivity contribution is 0.163. The molecule has 0 unspecified atom stereocenters. The average molecular weight is 233 g/mol. The summed E-state index contributed by atoms with van der Waals surface area (Å²) in [6.07, 6.45) is 6.42. The van der Waals surface area contributed by atoms with Gasteiger partial charge in [-0.15, -0.1) is 0 Å². The minimum absolute atomic E-state index is 0.0946. The number of aliphatic hydroxyl groups is 1. The Morgan fingerprint density at radius 2 is 2.24 bits per heavy atom. The van der Waals surface area contributed by atoms with Crippen molar-refractivity contribution in [1.29, 1.82) is 5.26 Å². The van der Waals surface area contributed by atoms with Crippen molar-refractivity contribution in [2.45, 2.75) is 37.8 Å². The summed E-state index contributed by atoms with van der Waals surface area (Å²) in [5, 5.41) is 21.8. The minimum atomic E-state index is -0.0946. The lowest BCUT2D eigenvalue weighted by Crippen LogP contribution is -2.45. The first kappa shape index (κ1) is 12.2. The van der Waals surface area contributed by atoms with Crippen LogP contribution in [0, 0.1) is 11.3 Å². The Hall–Kier alpha value is -1.31. The summed E-state index contributed by atoms with van der Waals surface area (Å²) >= 11 is 0. The van der Waals surface area contributed by atoms with Crippen LogP contribution in [-0.2, 0) is 13.6 Å². The third-order valence-corrected chi connectivity index (χ3v) is 3.71. The van der Waals surface area contributed by atoms with Crippen LogP contribution in [0.1, 0.15) is 36.9 Å². The van der Waals surface area contributed by atoms with Crippen LogP contribution in [0.2, 0.25) is 0 Å². The summed E-state index contributed by atoms with van der Waals surface area (Å²) in [5.41, 5.74) is 1.68. The number of hydrogen-bond acceptors (Lipinski definition) is 3. The van der Waals surface area contributed by atoms with E-state index in [0.717, 1.165) is 24.9 Å². The molecule has 1 aliphatic carbocycles. The van der Waals surface area contributed by atoms with Crippen molar-refractivity contribution >= 4 is 0 Å². The smallest absolute Gasteiger partial charge is 0.120 e. The Kier molecular flexibility index (Phi) is 3.51. The Bertz CT molecular complexity index is 424. The lowest BCUT2D eigenvalue weighted by Gasteiger charge is -2.27. The molecule has 0 saturated heterocycles. The fourth-order valence-corrected chi connectivity index (χ4v) is 2.57. The van der Waals surface area contributed by atoms with Crippen LogP contribution in [0.25, 0.3) is 0 Å². The van der Waals surface area contributed by atoms with Gasteiger partial charge < -0.3 is 15.0 Å². The summed E-state index contributed by atoms with van der Waals surface area (Å²) < 4.78 is 1.83. The van der Waals surface area contributed by atoms with E-state index in [9.17, 15) is 5.11 Å². The van der Waals surface area contributed by atoms with Gasteiger partial charge in [0.25, 0.3) is 0 Å². The van der Waals surface area contributed by atoms with Gasteiger partial charge in [-0.3, -0.25) is 0 Å². The molecule has 0 radical (unpaired) electrons. The Morgan fingerprint density at radius 3 is 2.76 bits per heavy atom. The van der Waals surface area contributed by atoms with Gasteiger partial charge in [0.15, 0.2) is 0 Å². The van der Waals surface area contributed by atoms with Crippen molar-refractivity contribution in [3.63, 3.8) is 0 Å². The van der Waals surface area contributed by atoms with Crippen LogP contribution in [0.5, 0.6) is 0 Å². The number of aromatic nitrogens is 1. The van der Waals surface area contributed by atoms with E-state index in [-0.39, 0.29) is 12.1 Å². The zero-order valence-electron chi connectivity index (χ0n) is 10.2. The third kappa shape index (κ3) is 2.51. The molecule has 0 atom stereocenters. The van der Waals surface area contributed by atoms with Crippen molar-refractivity contribution in [3.05, 3.63) is 23.5 Å². The maximum absolute atomic E-state index is 9.48. The fourth-order valence-electron chi connectivity index (χ4n) is 2.57. The number of aryl methyl sites for hydroxylation is 1. The zero-order valence-corrected chi connectivity index (χ0v) is 10.2. The summed E-state index contributed by atoms with van der Waals surface area (Å²) in [4.78, 5) is 0. The van der Waals surface area contributed by atoms with Crippen molar-refractivity contribution < 1.29 is 5.11 Å². The average Bonchev–Trinajstić information content (AvgIpc) is 2.94. The van der Waals surface area contributed by atoms with E-state index in [0.29, 0.717) is 5.69 Å². The number of nitrogens with zero attached hydrogens (tertiary/aromatic N) is 2. The number of hydrogen-bond donors (Lipinski definition) is 2. The molecule has 0 amide bonds. The Balaban J connectivity index is 1.99. The van der Waals surface area contributed by atoms with Crippen LogP contribution in [0.4, 0.5) is 0 Å². The van der Waals surface area contributed by atoms with Gasteiger partial charge in [-0.25, -0.2) is 0 Å². The van der Waals surface area contributed by atoms with Gasteiger partial charge >= 0.3 is 0 Å². The molecule has 0 aliphatic heterocycles. The largest absolute Gasteiger partial charge is 0.394 e. The first-order valence-electron chi connectivity index (χ1n) is 6.10. The van der Waals surface area contributed by atoms with E-state index >= 15 is 0 Å². The van der Waals surface area contributed by atoms with Gasteiger partial charge in [-0.05, 0) is 24.5 Å². The molecule has 1 aromatic heterocycles. The van der Waals surface area contributed by atoms with E-state index in [1.54, 1.807) is 0 Å². The van der Waals surface area contributed by atoms with Crippen LogP contribution < -0.4 is 5.32 Å². The maximum Gasteiger partial charge on any atom is 0.120 e. The van der Waals surface area contributed by atoms with Crippen molar-refractivity contribution in [2.24, 2.45) is 7.05 Å². The van der Waals surface area contributed by atoms with E-state index < -0.39 is 0 Å². The molecule has 4 nitrogen and oxygen atoms in total. The summed E-state index contributed by atoms with van der Waals surface area (Å²) in [5.74, 6) is 0. The molecule has 1 aromatic rings. The Labute approximate surface area is 102 Å². The van der Waals surface area contributed by atoms with Gasteiger partial charge in [0.05, 0.1) is 6.61 Å². The molecule has 2 N–H and O–H groups in total. The van der Waals surface area contributed by atoms with Crippen molar-refractivity contribution in [3.8, 4) is 6.07 Å². The highest BCUT2D eigenvalue weighted by Crippen LogP contribution is 2.29. The summed E-state index contributed by atoms with van der Waals surface area (Å²) in [7, 11) is 1.87. The van der Waals surface area contributed by atoms with Gasteiger partial charge in [0, 0.05) is 25.3 Å². The molecule has 92 valence electrons. The van der Waals surface area contributed by atoms with Gasteiger partial charge in [0.1, 0.15) is 11.8 Å². The predicted molar refractivity (Wildman–Crippen MR) is 65.3 cm³/mol. The minimum Gasteiger partial charge on any atom is -0.394 e. The molecule has 0 bridgehead atoms. The first-order chi connectivity index (χ1) is 8.19. The second-order valence-electron chi connectivity index (χ2n) is 4.96. The monoisotopic (exact) mass is 233 g/mol. The molecule has 4 heteroatoms. The molecule has 1 aliphatic rings. The molecule has 1 saturated carbocycles. The first-order valence-corrected chi connectivity index (χ1v) is 6.10. The van der Waals surface area contributed by atoms with Crippen molar-refractivity contribution in [1.82, 2.24) is 9.88 Å². The molecule has 17 heavy (non-hydrogen) atoms. The number of rotatable bonds is 4. The third-order valence-electron chi connectivity index (χ3n) is 3.71. The zero-order chi connectivity index (χ0) is 12.3. The topological polar surface area (TPSA) is 61.0 Å². The van der Waals surface area contributed by atoms with E-state index in [4.69, 9.17) is 5.26 Å². The molecule has 2 rings (SSSR count). The van der Waals surface area contributed by atoms with E-state index in [1.807, 2.05) is 23.9 Å². The quantitative estimate of drug-likeness (QED) is 0.824. The number of aliphatic hydroxyl groups excluding tert-OH is 1. The maximum atomic E-state index is 9.48. The fraction of sp³-hybridized carbons (Fsp3) is 0.615. The second kappa shape index (κ2) is 4.91. The highest BCUT2D eigenvalue weighted by atomic mass is 16.3. The molecule has 0 aromatic carbocycles. The van der Waals surface area contributed by atoms with Crippen LogP contribution >= 0.6 is 0 Å². The highest BCUT2D eigenvalue weighted by molar-refractivity contribution is 5.28. The number of nitriles is 1. The molecule has 1 heterocycles. The van der Waals surface area contributed by atoms with E-state index in [1.165, 1.54) is 12.8 Å². The second-order valence-corrected chi connectivity index (χ2v) is 4.96. The highest BCUT2D eigenvalue weighted by Gasteiger charge is 2.32. The van der Waals surface area contributed by atoms with Gasteiger partial charge in [-0.1, -0.05) is 12.8 Å². The number of nitrogens with one attached hydrogen (secondary N) is 1. The van der Waals surface area contributed by atoms with E-state index in [2.05, 4.69) is 11.4 Å². The summed E-state index contributed by atoms with van der Waals surface area (Å²) in [6.45, 7) is 0.918. The standard InChI is InChI=1S/C13H19N3O/c1-16-9-11(6-12(16)7-14)8-15-13(10-17)4-2-3-5-13/h6,9,15,17H,2-5,8,10H2,1H3. The predicted octanol–water partition coefficient (Wildman–Crippen LogP) is 1.29. The van der Waals surface area contributed by atoms with Gasteiger partial charge in [-0.2, -0.15) is 5.26 Å². The SMILES string of the molecule is Cn1cc(CNC2(CO)CCCC2)cc1C#N. The molecule has 1 fully saturated rings. The van der Waals surface area contributed by atoms with Crippen LogP contribution in [-0.4, -0.2) is 21.8 Å². The molecular formula is C13H19N3O. The van der Waals surface area contributed by atoms with Crippen LogP contribution in [0.3, 0.4) is 0 Å². The van der Waals surface area contributed by atoms with Crippen molar-refractivity contribution in [2.75, 3.05) is 6.61 Å². The normalized spacial score (nSPS) is 18.2. The summed E-state index contributed by atoms with van der Waals surface area (Å²) in [6, 6.07) is 4.05. The Morgan fingerprint density at radius 1 is 1.53 bits per heavy atom. The van der Waals surface area contributed by atoms with Crippen LogP contribution in [0.15, 0.2) is 12.3 Å². The lowest BCUT2D eigenvalue weighted by atomic mass is 9.99. The molecular weight excluding hydrogens is 214 g/mol. The molecule has 0 spiro atoms. The van der Waals surface area contributed by atoms with Gasteiger partial charge in [0.2, 0.25) is 0 Å².